The topological polar surface area (TPSA) is 9.23 Å². The van der Waals surface area contributed by atoms with Crippen LogP contribution < -0.4 is 0 Å². The Morgan fingerprint density at radius 2 is 0.913 bits per heavy atom. The summed E-state index contributed by atoms with van der Waals surface area (Å²) in [5.41, 5.74) is 3.28. The molecule has 1 aliphatic heterocycles. The van der Waals surface area contributed by atoms with Crippen LogP contribution in [-0.4, -0.2) is 0 Å². The molecule has 2 atom stereocenters. The van der Waals surface area contributed by atoms with E-state index in [9.17, 15) is 0 Å². The Hall–Kier alpha value is -0.720. The van der Waals surface area contributed by atoms with Gasteiger partial charge in [0.2, 0.25) is 0 Å². The molecule has 0 amide bonds. The first-order valence-electron chi connectivity index (χ1n) is 10.5. The Bertz CT molecular complexity index is 368. The molecule has 1 nitrogen and oxygen atoms in total. The maximum Gasteiger partial charge on any atom is 0.0896 e. The van der Waals surface area contributed by atoms with Crippen molar-refractivity contribution in [2.45, 2.75) is 103 Å². The lowest BCUT2D eigenvalue weighted by Crippen LogP contribution is -2.20. The molecule has 2 saturated carbocycles. The zero-order valence-corrected chi connectivity index (χ0v) is 15.0. The lowest BCUT2D eigenvalue weighted by atomic mass is 9.73. The molecule has 0 spiro atoms. The Labute approximate surface area is 143 Å². The number of hydrogen-bond donors (Lipinski definition) is 0. The van der Waals surface area contributed by atoms with Gasteiger partial charge in [-0.1, -0.05) is 64.2 Å². The smallest absolute Gasteiger partial charge is 0.0896 e. The van der Waals surface area contributed by atoms with E-state index in [0.717, 1.165) is 11.8 Å². The molecule has 23 heavy (non-hydrogen) atoms. The van der Waals surface area contributed by atoms with Crippen molar-refractivity contribution in [3.63, 3.8) is 0 Å². The third-order valence-corrected chi connectivity index (χ3v) is 6.34. The van der Waals surface area contributed by atoms with Gasteiger partial charge >= 0.3 is 0 Å². The lowest BCUT2D eigenvalue weighted by molar-refractivity contribution is 0.332. The lowest BCUT2D eigenvalue weighted by Gasteiger charge is -2.31. The highest BCUT2D eigenvalue weighted by molar-refractivity contribution is 5.18. The quantitative estimate of drug-likeness (QED) is 0.456. The summed E-state index contributed by atoms with van der Waals surface area (Å²) < 4.78 is 5.91. The predicted molar refractivity (Wildman–Crippen MR) is 98.1 cm³/mol. The summed E-state index contributed by atoms with van der Waals surface area (Å²) >= 11 is 0. The van der Waals surface area contributed by atoms with Crippen molar-refractivity contribution < 1.29 is 4.74 Å². The molecule has 2 aliphatic carbocycles. The van der Waals surface area contributed by atoms with Gasteiger partial charge in [0.1, 0.15) is 0 Å². The number of ether oxygens (including phenoxy) is 1. The third kappa shape index (κ3) is 5.13. The normalized spacial score (nSPS) is 31.3. The molecule has 1 heterocycles. The summed E-state index contributed by atoms with van der Waals surface area (Å²) in [5.74, 6) is 1.56. The minimum absolute atomic E-state index is 0.779. The summed E-state index contributed by atoms with van der Waals surface area (Å²) in [4.78, 5) is 0. The van der Waals surface area contributed by atoms with Crippen LogP contribution in [0, 0.1) is 11.8 Å². The highest BCUT2D eigenvalue weighted by Crippen LogP contribution is 2.42. The van der Waals surface area contributed by atoms with Crippen molar-refractivity contribution in [2.24, 2.45) is 11.8 Å². The summed E-state index contributed by atoms with van der Waals surface area (Å²) in [6.07, 6.45) is 26.7. The Morgan fingerprint density at radius 1 is 0.522 bits per heavy atom. The second kappa shape index (κ2) is 9.55. The molecule has 0 aromatic rings. The third-order valence-electron chi connectivity index (χ3n) is 6.34. The maximum absolute atomic E-state index is 5.91. The van der Waals surface area contributed by atoms with Crippen LogP contribution in [0.3, 0.4) is 0 Å². The van der Waals surface area contributed by atoms with E-state index < -0.39 is 0 Å². The van der Waals surface area contributed by atoms with Crippen LogP contribution in [0.25, 0.3) is 0 Å². The summed E-state index contributed by atoms with van der Waals surface area (Å²) in [6, 6.07) is 0. The van der Waals surface area contributed by atoms with Crippen molar-refractivity contribution in [1.29, 1.82) is 0 Å². The highest BCUT2D eigenvalue weighted by Gasteiger charge is 2.30. The van der Waals surface area contributed by atoms with E-state index in [1.807, 2.05) is 0 Å². The first kappa shape index (κ1) is 17.1. The van der Waals surface area contributed by atoms with Gasteiger partial charge in [-0.05, 0) is 61.5 Å². The van der Waals surface area contributed by atoms with Gasteiger partial charge in [-0.15, -0.1) is 0 Å². The molecule has 0 radical (unpaired) electrons. The Kier molecular flexibility index (Phi) is 7.10. The molecule has 0 aromatic heterocycles. The van der Waals surface area contributed by atoms with E-state index in [0.29, 0.717) is 0 Å². The second-order valence-electron chi connectivity index (χ2n) is 8.05. The molecule has 0 N–H and O–H groups in total. The second-order valence-corrected chi connectivity index (χ2v) is 8.05. The van der Waals surface area contributed by atoms with Crippen molar-refractivity contribution in [2.75, 3.05) is 0 Å². The van der Waals surface area contributed by atoms with Crippen molar-refractivity contribution in [1.82, 2.24) is 0 Å². The minimum atomic E-state index is 0.779. The van der Waals surface area contributed by atoms with Crippen molar-refractivity contribution in [3.05, 3.63) is 23.7 Å². The van der Waals surface area contributed by atoms with E-state index in [1.54, 1.807) is 11.1 Å². The molecule has 2 fully saturated rings. The number of rotatable bonds is 0. The molecule has 0 saturated heterocycles. The summed E-state index contributed by atoms with van der Waals surface area (Å²) in [6.45, 7) is 0. The average Bonchev–Trinajstić information content (AvgIpc) is 2.73. The van der Waals surface area contributed by atoms with Gasteiger partial charge in [0.05, 0.1) is 12.5 Å². The molecule has 3 aliphatic rings. The minimum Gasteiger partial charge on any atom is -0.473 e. The Morgan fingerprint density at radius 3 is 1.39 bits per heavy atom. The van der Waals surface area contributed by atoms with Crippen LogP contribution in [0.2, 0.25) is 0 Å². The molecule has 1 heteroatoms. The van der Waals surface area contributed by atoms with Crippen LogP contribution in [0.4, 0.5) is 0 Å². The fraction of sp³-hybridized carbons (Fsp3) is 0.818. The largest absolute Gasteiger partial charge is 0.473 e. The predicted octanol–water partition coefficient (Wildman–Crippen LogP) is 7.29. The fourth-order valence-corrected chi connectivity index (χ4v) is 4.96. The zero-order valence-electron chi connectivity index (χ0n) is 15.0. The Balaban J connectivity index is 1.78. The van der Waals surface area contributed by atoms with Crippen LogP contribution in [-0.2, 0) is 4.74 Å². The van der Waals surface area contributed by atoms with Crippen molar-refractivity contribution in [3.8, 4) is 0 Å². The van der Waals surface area contributed by atoms with Gasteiger partial charge in [-0.25, -0.2) is 0 Å². The molecule has 130 valence electrons. The standard InChI is InChI=1S/C22H36O/c1-2-4-6-12-16-22-20-14-10-8-7-9-13-19(17-23-18-20)21(22)15-11-5-3-1/h17-18,21-22H,1-16H2. The maximum atomic E-state index is 5.91. The van der Waals surface area contributed by atoms with Gasteiger partial charge in [-0.3, -0.25) is 0 Å². The fourth-order valence-electron chi connectivity index (χ4n) is 4.96. The van der Waals surface area contributed by atoms with E-state index in [4.69, 9.17) is 4.74 Å². The van der Waals surface area contributed by atoms with Crippen LogP contribution in [0.5, 0.6) is 0 Å². The van der Waals surface area contributed by atoms with Gasteiger partial charge in [0, 0.05) is 0 Å². The van der Waals surface area contributed by atoms with E-state index >= 15 is 0 Å². The first-order valence-corrected chi connectivity index (χ1v) is 10.5. The first-order chi connectivity index (χ1) is 11.4. The molecular weight excluding hydrogens is 280 g/mol. The molecule has 2 bridgehead atoms. The van der Waals surface area contributed by atoms with Gasteiger partial charge in [-0.2, -0.15) is 0 Å². The molecule has 3 rings (SSSR count). The molecule has 2 unspecified atom stereocenters. The van der Waals surface area contributed by atoms with E-state index in [-0.39, 0.29) is 0 Å². The number of hydrogen-bond acceptors (Lipinski definition) is 1. The van der Waals surface area contributed by atoms with Crippen LogP contribution in [0.15, 0.2) is 23.7 Å². The van der Waals surface area contributed by atoms with Crippen LogP contribution >= 0.6 is 0 Å². The number of allylic oxidation sites excluding steroid dienone is 2. The van der Waals surface area contributed by atoms with Gasteiger partial charge in [0.15, 0.2) is 0 Å². The van der Waals surface area contributed by atoms with Crippen LogP contribution in [0.1, 0.15) is 103 Å². The zero-order chi connectivity index (χ0) is 15.7. The van der Waals surface area contributed by atoms with Gasteiger partial charge < -0.3 is 4.74 Å². The van der Waals surface area contributed by atoms with E-state index in [2.05, 4.69) is 12.5 Å². The average molecular weight is 317 g/mol. The van der Waals surface area contributed by atoms with E-state index in [1.165, 1.54) is 103 Å². The summed E-state index contributed by atoms with van der Waals surface area (Å²) in [5, 5.41) is 0. The van der Waals surface area contributed by atoms with Crippen molar-refractivity contribution >= 4 is 0 Å². The van der Waals surface area contributed by atoms with Gasteiger partial charge in [0.25, 0.3) is 0 Å². The molecular formula is C22H36O. The summed E-state index contributed by atoms with van der Waals surface area (Å²) in [7, 11) is 0. The highest BCUT2D eigenvalue weighted by atomic mass is 16.5. The monoisotopic (exact) mass is 316 g/mol. The SMILES string of the molecule is C1=C2CCCCCCC(=CO1)C1CCCCCCCCCCC21. The molecule has 0 aromatic carbocycles.